The van der Waals surface area contributed by atoms with Crippen molar-refractivity contribution in [3.63, 3.8) is 0 Å². The van der Waals surface area contributed by atoms with Gasteiger partial charge < -0.3 is 4.74 Å². The van der Waals surface area contributed by atoms with Crippen LogP contribution in [-0.2, 0) is 9.53 Å². The summed E-state index contributed by atoms with van der Waals surface area (Å²) in [5.74, 6) is 0.529. The number of hydrogen-bond acceptors (Lipinski definition) is 2. The number of benzene rings is 1. The molecule has 0 N–H and O–H groups in total. The summed E-state index contributed by atoms with van der Waals surface area (Å²) in [7, 11) is 0. The molecule has 114 valence electrons. The van der Waals surface area contributed by atoms with E-state index in [0.717, 1.165) is 12.0 Å². The Hall–Kier alpha value is -0.830. The van der Waals surface area contributed by atoms with E-state index in [0.29, 0.717) is 5.92 Å². The largest absolute Gasteiger partial charge is 0.461 e. The zero-order valence-electron chi connectivity index (χ0n) is 12.9. The second-order valence-corrected chi connectivity index (χ2v) is 8.22. The summed E-state index contributed by atoms with van der Waals surface area (Å²) < 4.78 is 5.91. The van der Waals surface area contributed by atoms with Crippen LogP contribution in [0, 0.1) is 16.7 Å². The maximum atomic E-state index is 12.5. The van der Waals surface area contributed by atoms with Gasteiger partial charge in [-0.15, -0.1) is 0 Å². The highest BCUT2D eigenvalue weighted by atomic mass is 79.9. The normalized spacial score (nSPS) is 34.7. The zero-order chi connectivity index (χ0) is 15.3. The van der Waals surface area contributed by atoms with Gasteiger partial charge in [-0.05, 0) is 36.2 Å². The smallest absolute Gasteiger partial charge is 0.324 e. The Kier molecular flexibility index (Phi) is 3.67. The molecule has 0 spiro atoms. The van der Waals surface area contributed by atoms with Gasteiger partial charge in [-0.1, -0.05) is 67.0 Å². The van der Waals surface area contributed by atoms with Crippen LogP contribution in [0.5, 0.6) is 0 Å². The summed E-state index contributed by atoms with van der Waals surface area (Å²) in [6, 6.07) is 9.74. The highest BCUT2D eigenvalue weighted by Gasteiger charge is 2.62. The Morgan fingerprint density at radius 2 is 1.95 bits per heavy atom. The van der Waals surface area contributed by atoms with Crippen molar-refractivity contribution < 1.29 is 9.53 Å². The van der Waals surface area contributed by atoms with Gasteiger partial charge in [-0.25, -0.2) is 0 Å². The van der Waals surface area contributed by atoms with Gasteiger partial charge in [0.25, 0.3) is 0 Å². The van der Waals surface area contributed by atoms with E-state index < -0.39 is 0 Å². The fourth-order valence-electron chi connectivity index (χ4n) is 4.27. The molecule has 3 rings (SSSR count). The van der Waals surface area contributed by atoms with Gasteiger partial charge in [0.05, 0.1) is 0 Å². The molecule has 1 aromatic carbocycles. The van der Waals surface area contributed by atoms with Crippen molar-refractivity contribution in [2.75, 3.05) is 0 Å². The number of carbonyl (C=O) groups is 1. The first-order chi connectivity index (χ1) is 9.86. The molecule has 0 amide bonds. The topological polar surface area (TPSA) is 26.3 Å². The monoisotopic (exact) mass is 350 g/mol. The third-order valence-electron chi connectivity index (χ3n) is 6.27. The number of ether oxygens (including phenoxy) is 1. The average Bonchev–Trinajstić information content (AvgIpc) is 2.80. The van der Waals surface area contributed by atoms with E-state index in [1.54, 1.807) is 0 Å². The summed E-state index contributed by atoms with van der Waals surface area (Å²) in [4.78, 5) is 12.1. The third kappa shape index (κ3) is 2.25. The zero-order valence-corrected chi connectivity index (χ0v) is 14.5. The van der Waals surface area contributed by atoms with Gasteiger partial charge in [0, 0.05) is 5.41 Å². The molecular weight excluding hydrogens is 328 g/mol. The van der Waals surface area contributed by atoms with Crippen molar-refractivity contribution in [3.8, 4) is 0 Å². The van der Waals surface area contributed by atoms with Gasteiger partial charge in [0.1, 0.15) is 10.9 Å². The first-order valence-corrected chi connectivity index (χ1v) is 8.67. The first-order valence-electron chi connectivity index (χ1n) is 7.76. The van der Waals surface area contributed by atoms with Crippen LogP contribution in [0.2, 0.25) is 0 Å². The summed E-state index contributed by atoms with van der Waals surface area (Å²) in [5.41, 5.74) is 1.35. The van der Waals surface area contributed by atoms with Crippen LogP contribution >= 0.6 is 15.9 Å². The van der Waals surface area contributed by atoms with E-state index in [9.17, 15) is 4.79 Å². The maximum Gasteiger partial charge on any atom is 0.324 e. The number of alkyl halides is 1. The van der Waals surface area contributed by atoms with E-state index in [2.05, 4.69) is 36.7 Å². The van der Waals surface area contributed by atoms with Gasteiger partial charge >= 0.3 is 5.97 Å². The lowest BCUT2D eigenvalue weighted by Gasteiger charge is -2.38. The highest BCUT2D eigenvalue weighted by Crippen LogP contribution is 2.66. The van der Waals surface area contributed by atoms with Crippen LogP contribution in [0.1, 0.15) is 50.4 Å². The van der Waals surface area contributed by atoms with E-state index in [-0.39, 0.29) is 27.7 Å². The Balaban J connectivity index is 1.72. The summed E-state index contributed by atoms with van der Waals surface area (Å²) >= 11 is 3.48. The van der Waals surface area contributed by atoms with Crippen LogP contribution in [0.25, 0.3) is 0 Å². The molecule has 0 aliphatic heterocycles. The molecule has 2 aliphatic carbocycles. The van der Waals surface area contributed by atoms with Gasteiger partial charge in [-0.3, -0.25) is 4.79 Å². The Bertz CT molecular complexity index is 539. The fourth-order valence-corrected chi connectivity index (χ4v) is 4.68. The standard InChI is InChI=1S/C18H23BrO2/c1-17(2)13-9-10-18(17,3)14(11-13)21-16(20)15(19)12-7-5-4-6-8-12/h4-8,13-15H,9-11H2,1-3H3/t13-,14+,15+,18+/m0/s1. The Labute approximate surface area is 135 Å². The molecule has 2 nitrogen and oxygen atoms in total. The van der Waals surface area contributed by atoms with E-state index in [1.807, 2.05) is 30.3 Å². The molecule has 3 heteroatoms. The predicted molar refractivity (Wildman–Crippen MR) is 87.2 cm³/mol. The number of fused-ring (bicyclic) bond motifs is 2. The summed E-state index contributed by atoms with van der Waals surface area (Å²) in [5, 5.41) is 0. The number of rotatable bonds is 3. The second-order valence-electron chi connectivity index (χ2n) is 7.31. The molecule has 21 heavy (non-hydrogen) atoms. The first kappa shape index (κ1) is 15.1. The lowest BCUT2D eigenvalue weighted by molar-refractivity contribution is -0.156. The molecule has 2 saturated carbocycles. The minimum atomic E-state index is -0.371. The van der Waals surface area contributed by atoms with Crippen molar-refractivity contribution in [2.24, 2.45) is 16.7 Å². The number of carbonyl (C=O) groups excluding carboxylic acids is 1. The summed E-state index contributed by atoms with van der Waals surface area (Å²) in [6.07, 6.45) is 3.51. The molecule has 4 atom stereocenters. The molecular formula is C18H23BrO2. The number of esters is 1. The van der Waals surface area contributed by atoms with Crippen LogP contribution in [0.4, 0.5) is 0 Å². The molecule has 0 aromatic heterocycles. The Morgan fingerprint density at radius 1 is 1.29 bits per heavy atom. The number of halogens is 1. The van der Waals surface area contributed by atoms with Crippen molar-refractivity contribution in [2.45, 2.75) is 51.0 Å². The van der Waals surface area contributed by atoms with Gasteiger partial charge in [-0.2, -0.15) is 0 Å². The minimum Gasteiger partial charge on any atom is -0.461 e. The van der Waals surface area contributed by atoms with E-state index in [1.165, 1.54) is 12.8 Å². The SMILES string of the molecule is CC1(C)[C@H]2CC[C@]1(C)[C@H](OC(=O)[C@H](Br)c1ccccc1)C2. The lowest BCUT2D eigenvalue weighted by atomic mass is 9.70. The quantitative estimate of drug-likeness (QED) is 0.573. The van der Waals surface area contributed by atoms with Crippen LogP contribution in [0.15, 0.2) is 30.3 Å². The average molecular weight is 351 g/mol. The molecule has 0 saturated heterocycles. The second kappa shape index (κ2) is 5.12. The van der Waals surface area contributed by atoms with Gasteiger partial charge in [0.2, 0.25) is 0 Å². The molecule has 0 heterocycles. The molecule has 2 bridgehead atoms. The van der Waals surface area contributed by atoms with Crippen LogP contribution in [-0.4, -0.2) is 12.1 Å². The third-order valence-corrected chi connectivity index (χ3v) is 7.17. The van der Waals surface area contributed by atoms with Crippen molar-refractivity contribution in [3.05, 3.63) is 35.9 Å². The molecule has 1 aromatic rings. The van der Waals surface area contributed by atoms with Gasteiger partial charge in [0.15, 0.2) is 0 Å². The molecule has 2 fully saturated rings. The van der Waals surface area contributed by atoms with Crippen LogP contribution < -0.4 is 0 Å². The maximum absolute atomic E-state index is 12.5. The van der Waals surface area contributed by atoms with Crippen molar-refractivity contribution in [1.29, 1.82) is 0 Å². The lowest BCUT2D eigenvalue weighted by Crippen LogP contribution is -2.38. The summed E-state index contributed by atoms with van der Waals surface area (Å²) in [6.45, 7) is 6.96. The predicted octanol–water partition coefficient (Wildman–Crippen LogP) is 4.88. The van der Waals surface area contributed by atoms with Crippen molar-refractivity contribution in [1.82, 2.24) is 0 Å². The fraction of sp³-hybridized carbons (Fsp3) is 0.611. The van der Waals surface area contributed by atoms with E-state index in [4.69, 9.17) is 4.74 Å². The van der Waals surface area contributed by atoms with Crippen molar-refractivity contribution >= 4 is 21.9 Å². The minimum absolute atomic E-state index is 0.0579. The number of hydrogen-bond donors (Lipinski definition) is 0. The molecule has 0 radical (unpaired) electrons. The Morgan fingerprint density at radius 3 is 2.48 bits per heavy atom. The molecule has 0 unspecified atom stereocenters. The highest BCUT2D eigenvalue weighted by molar-refractivity contribution is 9.09. The van der Waals surface area contributed by atoms with E-state index >= 15 is 0 Å². The molecule has 2 aliphatic rings. The van der Waals surface area contributed by atoms with Crippen LogP contribution in [0.3, 0.4) is 0 Å².